The van der Waals surface area contributed by atoms with Crippen LogP contribution in [0.1, 0.15) is 19.0 Å². The minimum Gasteiger partial charge on any atom is -0.469 e. The normalized spacial score (nSPS) is 14.8. The molecular weight excluding hydrogens is 288 g/mol. The zero-order valence-electron chi connectivity index (χ0n) is 13.5. The van der Waals surface area contributed by atoms with Gasteiger partial charge in [-0.05, 0) is 13.0 Å². The number of hydrogen-bond acceptors (Lipinski definition) is 6. The van der Waals surface area contributed by atoms with Crippen molar-refractivity contribution in [1.82, 2.24) is 15.0 Å². The quantitative estimate of drug-likeness (QED) is 0.442. The van der Waals surface area contributed by atoms with E-state index in [1.807, 2.05) is 0 Å². The number of carbonyl (C=O) groups is 1. The number of carbonyl (C=O) groups excluding carboxylic acids is 1. The fourth-order valence-electron chi connectivity index (χ4n) is 1.62. The Bertz CT molecular complexity index is 468. The molecule has 0 saturated carbocycles. The second-order valence-corrected chi connectivity index (χ2v) is 12.3. The van der Waals surface area contributed by atoms with Crippen LogP contribution in [0.2, 0.25) is 25.7 Å². The minimum atomic E-state index is -1.08. The molecule has 0 bridgehead atoms. The summed E-state index contributed by atoms with van der Waals surface area (Å²) in [5.74, 6) is -0.374. The first-order chi connectivity index (χ1) is 9.64. The summed E-state index contributed by atoms with van der Waals surface area (Å²) in [7, 11) is 0.251. The average Bonchev–Trinajstić information content (AvgIpc) is 2.82. The Morgan fingerprint density at radius 3 is 2.71 bits per heavy atom. The predicted molar refractivity (Wildman–Crippen MR) is 82.3 cm³/mol. The molecule has 0 spiro atoms. The van der Waals surface area contributed by atoms with E-state index in [4.69, 9.17) is 10.5 Å². The van der Waals surface area contributed by atoms with Crippen molar-refractivity contribution in [2.24, 2.45) is 5.73 Å². The van der Waals surface area contributed by atoms with Gasteiger partial charge in [0.1, 0.15) is 12.4 Å². The van der Waals surface area contributed by atoms with Crippen molar-refractivity contribution in [2.45, 2.75) is 51.3 Å². The van der Waals surface area contributed by atoms with Crippen LogP contribution >= 0.6 is 0 Å². The summed E-state index contributed by atoms with van der Waals surface area (Å²) >= 11 is 0. The smallest absolute Gasteiger partial charge is 0.307 e. The lowest BCUT2D eigenvalue weighted by Gasteiger charge is -2.19. The highest BCUT2D eigenvalue weighted by Crippen LogP contribution is 2.19. The Hall–Kier alpha value is -1.25. The van der Waals surface area contributed by atoms with Crippen LogP contribution in [0.5, 0.6) is 0 Å². The third-order valence-corrected chi connectivity index (χ3v) is 4.79. The lowest BCUT2D eigenvalue weighted by Crippen LogP contribution is -2.36. The van der Waals surface area contributed by atoms with Gasteiger partial charge in [-0.1, -0.05) is 24.9 Å². The van der Waals surface area contributed by atoms with Gasteiger partial charge in [-0.25, -0.2) is 4.68 Å². The molecule has 120 valence electrons. The van der Waals surface area contributed by atoms with E-state index in [9.17, 15) is 4.79 Å². The van der Waals surface area contributed by atoms with Crippen LogP contribution in [0.4, 0.5) is 0 Å². The molecule has 1 aromatic heterocycles. The molecule has 1 aromatic rings. The lowest BCUT2D eigenvalue weighted by molar-refractivity contribution is -0.142. The Balaban J connectivity index is 2.51. The monoisotopic (exact) mass is 314 g/mol. The second-order valence-electron chi connectivity index (χ2n) is 6.66. The number of hydrogen-bond donors (Lipinski definition) is 1. The number of aromatic nitrogens is 3. The molecule has 1 rings (SSSR count). The van der Waals surface area contributed by atoms with Crippen LogP contribution in [0, 0.1) is 0 Å². The van der Waals surface area contributed by atoms with Gasteiger partial charge in [0.15, 0.2) is 0 Å². The van der Waals surface area contributed by atoms with Crippen LogP contribution in [-0.2, 0) is 26.5 Å². The number of nitrogens with zero attached hydrogens (tertiary/aromatic N) is 3. The summed E-state index contributed by atoms with van der Waals surface area (Å²) in [6.07, 6.45) is 1.76. The van der Waals surface area contributed by atoms with Gasteiger partial charge < -0.3 is 15.2 Å². The van der Waals surface area contributed by atoms with Gasteiger partial charge in [-0.15, -0.1) is 5.10 Å². The first-order valence-corrected chi connectivity index (χ1v) is 10.7. The highest BCUT2D eigenvalue weighted by molar-refractivity contribution is 6.76. The second kappa shape index (κ2) is 7.14. The summed E-state index contributed by atoms with van der Waals surface area (Å²) in [6, 6.07) is 1.10. The molecule has 0 aromatic carbocycles. The maximum absolute atomic E-state index is 11.3. The summed E-state index contributed by atoms with van der Waals surface area (Å²) < 4.78 is 11.8. The number of nitrogens with two attached hydrogens (primary N) is 1. The van der Waals surface area contributed by atoms with E-state index >= 15 is 0 Å². The topological polar surface area (TPSA) is 92.3 Å². The van der Waals surface area contributed by atoms with Crippen molar-refractivity contribution in [2.75, 3.05) is 13.7 Å². The van der Waals surface area contributed by atoms with Gasteiger partial charge in [0, 0.05) is 14.7 Å². The molecule has 0 amide bonds. The van der Waals surface area contributed by atoms with Crippen LogP contribution in [-0.4, -0.2) is 42.8 Å². The van der Waals surface area contributed by atoms with Gasteiger partial charge in [0.05, 0.1) is 25.3 Å². The maximum Gasteiger partial charge on any atom is 0.307 e. The van der Waals surface area contributed by atoms with Gasteiger partial charge in [-0.2, -0.15) is 0 Å². The molecular formula is C13H26N4O3Si. The fourth-order valence-corrected chi connectivity index (χ4v) is 2.38. The van der Waals surface area contributed by atoms with Crippen molar-refractivity contribution in [1.29, 1.82) is 0 Å². The SMILES string of the molecule is COC(=O)C[C@](C)(N)c1cn(COCC[Si](C)(C)C)nn1. The van der Waals surface area contributed by atoms with E-state index < -0.39 is 13.6 Å². The number of rotatable bonds is 8. The van der Waals surface area contributed by atoms with Gasteiger partial charge in [-0.3, -0.25) is 4.79 Å². The summed E-state index contributed by atoms with van der Waals surface area (Å²) in [5.41, 5.74) is 5.73. The Morgan fingerprint density at radius 1 is 1.48 bits per heavy atom. The molecule has 1 heterocycles. The predicted octanol–water partition coefficient (Wildman–Crippen LogP) is 1.33. The summed E-state index contributed by atoms with van der Waals surface area (Å²) in [4.78, 5) is 11.3. The Labute approximate surface area is 126 Å². The Kier molecular flexibility index (Phi) is 6.06. The average molecular weight is 314 g/mol. The van der Waals surface area contributed by atoms with Gasteiger partial charge in [0.25, 0.3) is 0 Å². The molecule has 8 heteroatoms. The highest BCUT2D eigenvalue weighted by atomic mass is 28.3. The molecule has 2 N–H and O–H groups in total. The standard InChI is InChI=1S/C13H26N4O3Si/c1-13(14,8-12(18)19-2)11-9-17(16-15-11)10-20-6-7-21(3,4)5/h9H,6-8,10,14H2,1-5H3/t13-/m0/s1. The third-order valence-electron chi connectivity index (χ3n) is 3.08. The van der Waals surface area contributed by atoms with Crippen LogP contribution in [0.15, 0.2) is 6.20 Å². The summed E-state index contributed by atoms with van der Waals surface area (Å²) in [5, 5.41) is 7.98. The van der Waals surface area contributed by atoms with Gasteiger partial charge in [0.2, 0.25) is 0 Å². The van der Waals surface area contributed by atoms with E-state index in [1.54, 1.807) is 17.8 Å². The molecule has 1 atom stereocenters. The Morgan fingerprint density at radius 2 is 2.14 bits per heavy atom. The molecule has 0 aliphatic carbocycles. The highest BCUT2D eigenvalue weighted by Gasteiger charge is 2.28. The molecule has 0 radical (unpaired) electrons. The number of esters is 1. The van der Waals surface area contributed by atoms with Crippen molar-refractivity contribution >= 4 is 14.0 Å². The fraction of sp³-hybridized carbons (Fsp3) is 0.769. The molecule has 0 saturated heterocycles. The number of ether oxygens (including phenoxy) is 2. The van der Waals surface area contributed by atoms with Crippen molar-refractivity contribution < 1.29 is 14.3 Å². The van der Waals surface area contributed by atoms with E-state index in [0.29, 0.717) is 19.0 Å². The van der Waals surface area contributed by atoms with Crippen molar-refractivity contribution in [3.8, 4) is 0 Å². The third kappa shape index (κ3) is 6.36. The van der Waals surface area contributed by atoms with Crippen LogP contribution in [0.25, 0.3) is 0 Å². The van der Waals surface area contributed by atoms with E-state index in [1.165, 1.54) is 7.11 Å². The molecule has 0 fully saturated rings. The zero-order valence-corrected chi connectivity index (χ0v) is 14.5. The molecule has 21 heavy (non-hydrogen) atoms. The first-order valence-electron chi connectivity index (χ1n) is 6.98. The van der Waals surface area contributed by atoms with Crippen molar-refractivity contribution in [3.05, 3.63) is 11.9 Å². The largest absolute Gasteiger partial charge is 0.469 e. The molecule has 0 unspecified atom stereocenters. The number of methoxy groups -OCH3 is 1. The maximum atomic E-state index is 11.3. The first kappa shape index (κ1) is 17.8. The van der Waals surface area contributed by atoms with Crippen LogP contribution < -0.4 is 5.73 Å². The van der Waals surface area contributed by atoms with Crippen LogP contribution in [0.3, 0.4) is 0 Å². The lowest BCUT2D eigenvalue weighted by atomic mass is 9.96. The van der Waals surface area contributed by atoms with E-state index in [2.05, 4.69) is 34.7 Å². The zero-order chi connectivity index (χ0) is 16.1. The van der Waals surface area contributed by atoms with E-state index in [0.717, 1.165) is 6.04 Å². The van der Waals surface area contributed by atoms with E-state index in [-0.39, 0.29) is 12.4 Å². The summed E-state index contributed by atoms with van der Waals surface area (Å²) in [6.45, 7) is 9.69. The molecule has 0 aliphatic rings. The van der Waals surface area contributed by atoms with Crippen molar-refractivity contribution in [3.63, 3.8) is 0 Å². The molecule has 7 nitrogen and oxygen atoms in total. The minimum absolute atomic E-state index is 0.0542. The molecule has 0 aliphatic heterocycles. The van der Waals surface area contributed by atoms with Gasteiger partial charge >= 0.3 is 5.97 Å².